The molecule has 0 spiro atoms. The molecular formula is C12H13ClN2O. The molecule has 4 heteroatoms. The highest BCUT2D eigenvalue weighted by molar-refractivity contribution is 6.30. The van der Waals surface area contributed by atoms with Crippen LogP contribution < -0.4 is 5.43 Å². The van der Waals surface area contributed by atoms with Crippen molar-refractivity contribution in [1.82, 2.24) is 5.43 Å². The predicted molar refractivity (Wildman–Crippen MR) is 64.8 cm³/mol. The number of nitrogens with one attached hydrogen (secondary N) is 1. The molecule has 1 saturated carbocycles. The number of halogens is 1. The minimum absolute atomic E-state index is 0.220. The molecule has 0 aliphatic heterocycles. The molecule has 3 nitrogen and oxygen atoms in total. The molecule has 1 aliphatic carbocycles. The van der Waals surface area contributed by atoms with Gasteiger partial charge in [-0.05, 0) is 43.9 Å². The molecule has 0 radical (unpaired) electrons. The average molecular weight is 237 g/mol. The lowest BCUT2D eigenvalue weighted by Gasteiger charge is -2.01. The van der Waals surface area contributed by atoms with Crippen LogP contribution >= 0.6 is 11.6 Å². The van der Waals surface area contributed by atoms with E-state index in [2.05, 4.69) is 10.5 Å². The summed E-state index contributed by atoms with van der Waals surface area (Å²) >= 11 is 5.80. The van der Waals surface area contributed by atoms with Crippen molar-refractivity contribution < 1.29 is 4.79 Å². The Morgan fingerprint density at radius 2 is 2.25 bits per heavy atom. The van der Waals surface area contributed by atoms with Crippen molar-refractivity contribution in [2.24, 2.45) is 11.0 Å². The van der Waals surface area contributed by atoms with E-state index >= 15 is 0 Å². The fourth-order valence-electron chi connectivity index (χ4n) is 1.43. The van der Waals surface area contributed by atoms with E-state index in [1.165, 1.54) is 12.8 Å². The summed E-state index contributed by atoms with van der Waals surface area (Å²) in [6.45, 7) is 1.94. The van der Waals surface area contributed by atoms with Gasteiger partial charge in [0, 0.05) is 16.3 Å². The first-order valence-corrected chi connectivity index (χ1v) is 5.64. The largest absolute Gasteiger partial charge is 0.271 e. The van der Waals surface area contributed by atoms with Crippen LogP contribution in [0.2, 0.25) is 5.02 Å². The number of nitrogens with zero attached hydrogens (tertiary/aromatic N) is 1. The van der Waals surface area contributed by atoms with E-state index in [4.69, 9.17) is 11.6 Å². The van der Waals surface area contributed by atoms with Gasteiger partial charge < -0.3 is 0 Å². The molecule has 0 saturated heterocycles. The van der Waals surface area contributed by atoms with Gasteiger partial charge in [-0.25, -0.2) is 5.43 Å². The number of hydrogen-bond donors (Lipinski definition) is 1. The van der Waals surface area contributed by atoms with Gasteiger partial charge in [0.2, 0.25) is 0 Å². The van der Waals surface area contributed by atoms with Crippen LogP contribution in [0.5, 0.6) is 0 Å². The van der Waals surface area contributed by atoms with E-state index in [1.54, 1.807) is 24.3 Å². The molecule has 0 aromatic heterocycles. The zero-order valence-corrected chi connectivity index (χ0v) is 9.79. The van der Waals surface area contributed by atoms with E-state index in [0.29, 0.717) is 16.5 Å². The molecule has 1 N–H and O–H groups in total. The third-order valence-electron chi connectivity index (χ3n) is 2.59. The van der Waals surface area contributed by atoms with Crippen molar-refractivity contribution in [2.45, 2.75) is 19.8 Å². The lowest BCUT2D eigenvalue weighted by atomic mass is 10.2. The number of benzene rings is 1. The topological polar surface area (TPSA) is 41.5 Å². The van der Waals surface area contributed by atoms with E-state index < -0.39 is 0 Å². The maximum Gasteiger partial charge on any atom is 0.271 e. The highest BCUT2D eigenvalue weighted by Crippen LogP contribution is 2.30. The number of rotatable bonds is 3. The van der Waals surface area contributed by atoms with Crippen LogP contribution in [0.25, 0.3) is 0 Å². The Morgan fingerprint density at radius 1 is 1.50 bits per heavy atom. The van der Waals surface area contributed by atoms with Crippen molar-refractivity contribution in [2.75, 3.05) is 0 Å². The Bertz CT molecular complexity index is 438. The molecule has 0 bridgehead atoms. The first kappa shape index (κ1) is 11.1. The second-order valence-corrected chi connectivity index (χ2v) is 4.42. The van der Waals surface area contributed by atoms with Crippen LogP contribution in [0.3, 0.4) is 0 Å². The summed E-state index contributed by atoms with van der Waals surface area (Å²) in [6, 6.07) is 6.81. The van der Waals surface area contributed by atoms with Crippen molar-refractivity contribution in [3.8, 4) is 0 Å². The summed E-state index contributed by atoms with van der Waals surface area (Å²) in [5.74, 6) is 0.349. The molecule has 0 unspecified atom stereocenters. The number of carbonyl (C=O) groups is 1. The molecule has 1 aliphatic rings. The van der Waals surface area contributed by atoms with Crippen LogP contribution in [0, 0.1) is 5.92 Å². The Labute approximate surface area is 99.5 Å². The zero-order chi connectivity index (χ0) is 11.5. The van der Waals surface area contributed by atoms with Crippen molar-refractivity contribution in [3.63, 3.8) is 0 Å². The molecule has 2 rings (SSSR count). The SMILES string of the molecule is C/C(=N\NC(=O)c1cccc(Cl)c1)C1CC1. The molecule has 1 aromatic rings. The van der Waals surface area contributed by atoms with Crippen molar-refractivity contribution in [1.29, 1.82) is 0 Å². The molecule has 0 heterocycles. The van der Waals surface area contributed by atoms with Gasteiger partial charge in [-0.2, -0.15) is 5.10 Å². The lowest BCUT2D eigenvalue weighted by Crippen LogP contribution is -2.19. The van der Waals surface area contributed by atoms with Gasteiger partial charge in [0.25, 0.3) is 5.91 Å². The van der Waals surface area contributed by atoms with Crippen LogP contribution in [0.4, 0.5) is 0 Å². The maximum atomic E-state index is 11.7. The minimum atomic E-state index is -0.220. The second kappa shape index (κ2) is 4.66. The van der Waals surface area contributed by atoms with Gasteiger partial charge in [0.15, 0.2) is 0 Å². The summed E-state index contributed by atoms with van der Waals surface area (Å²) < 4.78 is 0. The van der Waals surface area contributed by atoms with E-state index in [-0.39, 0.29) is 5.91 Å². The van der Waals surface area contributed by atoms with Crippen LogP contribution in [-0.2, 0) is 0 Å². The van der Waals surface area contributed by atoms with Gasteiger partial charge >= 0.3 is 0 Å². The highest BCUT2D eigenvalue weighted by atomic mass is 35.5. The Hall–Kier alpha value is -1.35. The number of hydrazone groups is 1. The lowest BCUT2D eigenvalue weighted by molar-refractivity contribution is 0.0954. The minimum Gasteiger partial charge on any atom is -0.267 e. The normalized spacial score (nSPS) is 16.0. The Balaban J connectivity index is 2.00. The van der Waals surface area contributed by atoms with Gasteiger partial charge in [-0.3, -0.25) is 4.79 Å². The summed E-state index contributed by atoms with van der Waals surface area (Å²) in [4.78, 5) is 11.7. The summed E-state index contributed by atoms with van der Waals surface area (Å²) in [5, 5.41) is 4.62. The molecule has 1 fully saturated rings. The van der Waals surface area contributed by atoms with Crippen molar-refractivity contribution >= 4 is 23.2 Å². The Kier molecular flexibility index (Phi) is 3.25. The van der Waals surface area contributed by atoms with E-state index in [0.717, 1.165) is 5.71 Å². The zero-order valence-electron chi connectivity index (χ0n) is 9.03. The van der Waals surface area contributed by atoms with E-state index in [9.17, 15) is 4.79 Å². The Morgan fingerprint density at radius 3 is 2.88 bits per heavy atom. The maximum absolute atomic E-state index is 11.7. The number of carbonyl (C=O) groups excluding carboxylic acids is 1. The van der Waals surface area contributed by atoms with Gasteiger partial charge in [0.1, 0.15) is 0 Å². The summed E-state index contributed by atoms with van der Waals surface area (Å²) in [6.07, 6.45) is 2.37. The third-order valence-corrected chi connectivity index (χ3v) is 2.82. The standard InChI is InChI=1S/C12H13ClN2O/c1-8(9-5-6-9)14-15-12(16)10-3-2-4-11(13)7-10/h2-4,7,9H,5-6H2,1H3,(H,15,16)/b14-8+. The molecule has 0 atom stereocenters. The van der Waals surface area contributed by atoms with Crippen molar-refractivity contribution in [3.05, 3.63) is 34.9 Å². The van der Waals surface area contributed by atoms with Crippen LogP contribution in [0.1, 0.15) is 30.1 Å². The number of amides is 1. The fourth-order valence-corrected chi connectivity index (χ4v) is 1.62. The molecule has 1 amide bonds. The van der Waals surface area contributed by atoms with Gasteiger partial charge in [-0.1, -0.05) is 17.7 Å². The first-order chi connectivity index (χ1) is 7.66. The van der Waals surface area contributed by atoms with E-state index in [1.807, 2.05) is 6.92 Å². The monoisotopic (exact) mass is 236 g/mol. The molecular weight excluding hydrogens is 224 g/mol. The predicted octanol–water partition coefficient (Wildman–Crippen LogP) is 2.86. The molecule has 16 heavy (non-hydrogen) atoms. The first-order valence-electron chi connectivity index (χ1n) is 5.27. The van der Waals surface area contributed by atoms with Crippen LogP contribution in [-0.4, -0.2) is 11.6 Å². The quantitative estimate of drug-likeness (QED) is 0.636. The van der Waals surface area contributed by atoms with Gasteiger partial charge in [-0.15, -0.1) is 0 Å². The molecule has 1 aromatic carbocycles. The van der Waals surface area contributed by atoms with Crippen LogP contribution in [0.15, 0.2) is 29.4 Å². The number of hydrogen-bond acceptors (Lipinski definition) is 2. The van der Waals surface area contributed by atoms with Gasteiger partial charge in [0.05, 0.1) is 0 Å². The average Bonchev–Trinajstić information content (AvgIpc) is 3.09. The smallest absolute Gasteiger partial charge is 0.267 e. The second-order valence-electron chi connectivity index (χ2n) is 3.98. The fraction of sp³-hybridized carbons (Fsp3) is 0.333. The third kappa shape index (κ3) is 2.83. The summed E-state index contributed by atoms with van der Waals surface area (Å²) in [7, 11) is 0. The highest BCUT2D eigenvalue weighted by Gasteiger charge is 2.24. The summed E-state index contributed by atoms with van der Waals surface area (Å²) in [5.41, 5.74) is 4.06. The molecule has 84 valence electrons.